The van der Waals surface area contributed by atoms with Crippen molar-refractivity contribution in [3.8, 4) is 6.07 Å². The lowest BCUT2D eigenvalue weighted by Crippen LogP contribution is -2.49. The highest BCUT2D eigenvalue weighted by Gasteiger charge is 2.32. The second-order valence-electron chi connectivity index (χ2n) is 9.26. The number of nitrogens with one attached hydrogen (secondary N) is 1. The Morgan fingerprint density at radius 3 is 2.60 bits per heavy atom. The number of carbonyl (C=O) groups excluding carboxylic acids is 2. The first-order valence-electron chi connectivity index (χ1n) is 11.9. The summed E-state index contributed by atoms with van der Waals surface area (Å²) < 4.78 is 1.55. The van der Waals surface area contributed by atoms with E-state index < -0.39 is 5.92 Å². The quantitative estimate of drug-likeness (QED) is 0.618. The van der Waals surface area contributed by atoms with Crippen LogP contribution >= 0.6 is 0 Å². The molecule has 0 saturated carbocycles. The van der Waals surface area contributed by atoms with Crippen molar-refractivity contribution in [2.24, 2.45) is 0 Å². The number of aromatic nitrogens is 2. The van der Waals surface area contributed by atoms with E-state index in [0.717, 1.165) is 59.6 Å². The molecule has 2 aliphatic heterocycles. The molecule has 1 N–H and O–H groups in total. The third kappa shape index (κ3) is 4.48. The lowest BCUT2D eigenvalue weighted by atomic mass is 9.95. The zero-order valence-electron chi connectivity index (χ0n) is 20.0. The van der Waals surface area contributed by atoms with Crippen LogP contribution in [0, 0.1) is 25.2 Å². The highest BCUT2D eigenvalue weighted by molar-refractivity contribution is 5.99. The van der Waals surface area contributed by atoms with Crippen molar-refractivity contribution >= 4 is 28.5 Å². The van der Waals surface area contributed by atoms with Crippen LogP contribution < -0.4 is 5.32 Å². The SMILES string of the molecule is Cc1cccc(NC(=O)CN2CCN(CC3=CC(=O)n4c(nc5ccccc54)C3C#N)CC2)c1C. The predicted molar refractivity (Wildman–Crippen MR) is 134 cm³/mol. The number of piperazine rings is 1. The van der Waals surface area contributed by atoms with Crippen molar-refractivity contribution in [3.05, 3.63) is 71.1 Å². The molecule has 8 nitrogen and oxygen atoms in total. The van der Waals surface area contributed by atoms with Gasteiger partial charge in [-0.2, -0.15) is 5.26 Å². The first-order chi connectivity index (χ1) is 16.9. The minimum atomic E-state index is -0.554. The summed E-state index contributed by atoms with van der Waals surface area (Å²) in [6.07, 6.45) is 1.60. The Bertz CT molecular complexity index is 1370. The summed E-state index contributed by atoms with van der Waals surface area (Å²) in [5, 5.41) is 12.9. The molecule has 1 aromatic heterocycles. The second kappa shape index (κ2) is 9.45. The molecule has 1 amide bonds. The van der Waals surface area contributed by atoms with Gasteiger partial charge in [0.1, 0.15) is 11.7 Å². The minimum Gasteiger partial charge on any atom is -0.325 e. The molecule has 1 saturated heterocycles. The zero-order valence-corrected chi connectivity index (χ0v) is 20.0. The predicted octanol–water partition coefficient (Wildman–Crippen LogP) is 3.10. The van der Waals surface area contributed by atoms with E-state index in [1.165, 1.54) is 0 Å². The van der Waals surface area contributed by atoms with Crippen LogP contribution in [0.15, 0.2) is 54.1 Å². The number of para-hydroxylation sites is 2. The molecule has 35 heavy (non-hydrogen) atoms. The number of benzene rings is 2. The fourth-order valence-electron chi connectivity index (χ4n) is 4.86. The van der Waals surface area contributed by atoms with E-state index in [-0.39, 0.29) is 11.8 Å². The maximum Gasteiger partial charge on any atom is 0.256 e. The lowest BCUT2D eigenvalue weighted by molar-refractivity contribution is -0.117. The number of fused-ring (bicyclic) bond motifs is 3. The van der Waals surface area contributed by atoms with E-state index in [2.05, 4.69) is 26.2 Å². The average molecular weight is 469 g/mol. The molecule has 0 aliphatic carbocycles. The van der Waals surface area contributed by atoms with E-state index in [4.69, 9.17) is 0 Å². The molecule has 2 aliphatic rings. The first-order valence-corrected chi connectivity index (χ1v) is 11.9. The normalized spacial score (nSPS) is 18.7. The van der Waals surface area contributed by atoms with E-state index in [1.807, 2.05) is 56.3 Å². The molecule has 1 fully saturated rings. The Hall–Kier alpha value is -3.80. The van der Waals surface area contributed by atoms with Crippen LogP contribution in [-0.4, -0.2) is 70.4 Å². The van der Waals surface area contributed by atoms with Gasteiger partial charge in [-0.3, -0.25) is 24.0 Å². The number of anilines is 1. The summed E-state index contributed by atoms with van der Waals surface area (Å²) in [5.74, 6) is -0.229. The molecule has 2 aromatic carbocycles. The Labute approximate surface area is 204 Å². The van der Waals surface area contributed by atoms with Crippen molar-refractivity contribution in [1.82, 2.24) is 19.4 Å². The van der Waals surface area contributed by atoms with Gasteiger partial charge in [0.2, 0.25) is 5.91 Å². The largest absolute Gasteiger partial charge is 0.325 e. The van der Waals surface area contributed by atoms with Gasteiger partial charge < -0.3 is 5.32 Å². The van der Waals surface area contributed by atoms with E-state index >= 15 is 0 Å². The summed E-state index contributed by atoms with van der Waals surface area (Å²) in [7, 11) is 0. The fraction of sp³-hybridized carbons (Fsp3) is 0.333. The number of rotatable bonds is 5. The number of hydrogen-bond acceptors (Lipinski definition) is 6. The molecule has 3 heterocycles. The number of carbonyl (C=O) groups is 2. The number of hydrogen-bond donors (Lipinski definition) is 1. The summed E-state index contributed by atoms with van der Waals surface area (Å²) >= 11 is 0. The Morgan fingerprint density at radius 2 is 1.83 bits per heavy atom. The smallest absolute Gasteiger partial charge is 0.256 e. The Morgan fingerprint density at radius 1 is 1.09 bits per heavy atom. The molecular formula is C27H28N6O2. The number of nitrogens with zero attached hydrogens (tertiary/aromatic N) is 5. The number of aryl methyl sites for hydroxylation is 1. The van der Waals surface area contributed by atoms with Crippen LogP contribution in [-0.2, 0) is 4.79 Å². The van der Waals surface area contributed by atoms with Crippen LogP contribution in [0.3, 0.4) is 0 Å². The van der Waals surface area contributed by atoms with E-state index in [0.29, 0.717) is 18.9 Å². The molecule has 1 atom stereocenters. The van der Waals surface area contributed by atoms with Gasteiger partial charge in [-0.25, -0.2) is 4.98 Å². The van der Waals surface area contributed by atoms with Crippen LogP contribution in [0.5, 0.6) is 0 Å². The van der Waals surface area contributed by atoms with Gasteiger partial charge in [-0.05, 0) is 48.7 Å². The highest BCUT2D eigenvalue weighted by Crippen LogP contribution is 2.31. The fourth-order valence-corrected chi connectivity index (χ4v) is 4.86. The van der Waals surface area contributed by atoms with E-state index in [1.54, 1.807) is 10.6 Å². The Kier molecular flexibility index (Phi) is 6.20. The van der Waals surface area contributed by atoms with Gasteiger partial charge in [0, 0.05) is 44.5 Å². The van der Waals surface area contributed by atoms with Gasteiger partial charge in [0.05, 0.1) is 23.6 Å². The van der Waals surface area contributed by atoms with Crippen LogP contribution in [0.2, 0.25) is 0 Å². The van der Waals surface area contributed by atoms with Crippen molar-refractivity contribution in [3.63, 3.8) is 0 Å². The summed E-state index contributed by atoms with van der Waals surface area (Å²) in [4.78, 5) is 34.5. The summed E-state index contributed by atoms with van der Waals surface area (Å²) in [6, 6.07) is 15.7. The van der Waals surface area contributed by atoms with Crippen LogP contribution in [0.25, 0.3) is 11.0 Å². The molecular weight excluding hydrogens is 440 g/mol. The maximum atomic E-state index is 12.9. The minimum absolute atomic E-state index is 0.0174. The number of allylic oxidation sites excluding steroid dienone is 1. The third-order valence-electron chi connectivity index (χ3n) is 6.99. The van der Waals surface area contributed by atoms with Gasteiger partial charge in [-0.15, -0.1) is 0 Å². The third-order valence-corrected chi connectivity index (χ3v) is 6.99. The molecule has 3 aromatic rings. The van der Waals surface area contributed by atoms with Gasteiger partial charge in [0.15, 0.2) is 0 Å². The van der Waals surface area contributed by atoms with Crippen LogP contribution in [0.1, 0.15) is 27.7 Å². The topological polar surface area (TPSA) is 94.3 Å². The first kappa shape index (κ1) is 23.0. The summed E-state index contributed by atoms with van der Waals surface area (Å²) in [6.45, 7) is 7.94. The highest BCUT2D eigenvalue weighted by atomic mass is 16.2. The zero-order chi connectivity index (χ0) is 24.5. The number of nitriles is 1. The van der Waals surface area contributed by atoms with Crippen molar-refractivity contribution < 1.29 is 9.59 Å². The number of imidazole rings is 1. The average Bonchev–Trinajstić information content (AvgIpc) is 3.23. The van der Waals surface area contributed by atoms with Crippen molar-refractivity contribution in [2.45, 2.75) is 19.8 Å². The lowest BCUT2D eigenvalue weighted by Gasteiger charge is -2.35. The molecule has 0 spiro atoms. The molecule has 1 unspecified atom stereocenters. The summed E-state index contributed by atoms with van der Waals surface area (Å²) in [5.41, 5.74) is 5.33. The molecule has 0 bridgehead atoms. The van der Waals surface area contributed by atoms with Crippen molar-refractivity contribution in [1.29, 1.82) is 5.26 Å². The van der Waals surface area contributed by atoms with Crippen LogP contribution in [0.4, 0.5) is 5.69 Å². The molecule has 178 valence electrons. The van der Waals surface area contributed by atoms with Crippen molar-refractivity contribution in [2.75, 3.05) is 44.6 Å². The van der Waals surface area contributed by atoms with Gasteiger partial charge in [-0.1, -0.05) is 24.3 Å². The van der Waals surface area contributed by atoms with E-state index in [9.17, 15) is 14.9 Å². The number of amides is 1. The van der Waals surface area contributed by atoms with Gasteiger partial charge in [0.25, 0.3) is 5.91 Å². The van der Waals surface area contributed by atoms with Gasteiger partial charge >= 0.3 is 0 Å². The molecule has 0 radical (unpaired) electrons. The monoisotopic (exact) mass is 468 g/mol. The standard InChI is InChI=1S/C27H28N6O2/c1-18-6-5-8-22(19(18)2)29-25(34)17-32-12-10-31(11-13-32)16-20-14-26(35)33-24-9-4-3-7-23(24)30-27(33)21(20)15-28/h3-9,14,21H,10-13,16-17H2,1-2H3,(H,29,34). The molecule has 8 heteroatoms. The Balaban J connectivity index is 1.20. The second-order valence-corrected chi connectivity index (χ2v) is 9.26. The maximum absolute atomic E-state index is 12.9. The molecule has 5 rings (SSSR count).